The Labute approximate surface area is 131 Å². The third-order valence-corrected chi connectivity index (χ3v) is 3.85. The van der Waals surface area contributed by atoms with Crippen molar-refractivity contribution in [2.75, 3.05) is 13.7 Å². The summed E-state index contributed by atoms with van der Waals surface area (Å²) in [6, 6.07) is 5.55. The molecule has 22 heavy (non-hydrogen) atoms. The van der Waals surface area contributed by atoms with Crippen molar-refractivity contribution in [3.05, 3.63) is 23.8 Å². The molecule has 1 saturated carbocycles. The van der Waals surface area contributed by atoms with E-state index in [1.807, 2.05) is 25.1 Å². The van der Waals surface area contributed by atoms with Crippen LogP contribution in [-0.4, -0.2) is 25.8 Å². The summed E-state index contributed by atoms with van der Waals surface area (Å²) >= 11 is 0. The number of ether oxygens (including phenoxy) is 2. The number of amides is 1. The van der Waals surface area contributed by atoms with Gasteiger partial charge in [0.05, 0.1) is 19.9 Å². The van der Waals surface area contributed by atoms with E-state index in [1.54, 1.807) is 13.3 Å². The molecule has 1 amide bonds. The Hall–Kier alpha value is -2.04. The number of benzene rings is 1. The third-order valence-electron chi connectivity index (χ3n) is 3.85. The molecule has 0 bridgehead atoms. The molecular weight excluding hydrogens is 280 g/mol. The summed E-state index contributed by atoms with van der Waals surface area (Å²) in [7, 11) is 1.60. The van der Waals surface area contributed by atoms with Gasteiger partial charge in [0.15, 0.2) is 11.5 Å². The van der Waals surface area contributed by atoms with Crippen LogP contribution < -0.4 is 14.9 Å². The minimum absolute atomic E-state index is 0.0221. The third kappa shape index (κ3) is 4.48. The van der Waals surface area contributed by atoms with E-state index < -0.39 is 0 Å². The predicted octanol–water partition coefficient (Wildman–Crippen LogP) is 3.12. The number of carbonyl (C=O) groups is 1. The molecule has 1 aromatic rings. The van der Waals surface area contributed by atoms with E-state index in [9.17, 15) is 4.79 Å². The van der Waals surface area contributed by atoms with Gasteiger partial charge in [0.2, 0.25) is 5.91 Å². The second kappa shape index (κ2) is 8.41. The number of methoxy groups -OCH3 is 1. The average molecular weight is 304 g/mol. The Morgan fingerprint density at radius 3 is 2.77 bits per heavy atom. The first-order chi connectivity index (χ1) is 10.7. The van der Waals surface area contributed by atoms with Crippen molar-refractivity contribution in [1.29, 1.82) is 0 Å². The van der Waals surface area contributed by atoms with Gasteiger partial charge in [-0.15, -0.1) is 0 Å². The van der Waals surface area contributed by atoms with Gasteiger partial charge in [0.25, 0.3) is 0 Å². The molecule has 5 nitrogen and oxygen atoms in total. The zero-order chi connectivity index (χ0) is 15.8. The molecule has 120 valence electrons. The van der Waals surface area contributed by atoms with Crippen molar-refractivity contribution < 1.29 is 14.3 Å². The molecule has 0 heterocycles. The van der Waals surface area contributed by atoms with E-state index in [0.29, 0.717) is 18.1 Å². The molecule has 1 aliphatic rings. The molecule has 0 aliphatic heterocycles. The van der Waals surface area contributed by atoms with E-state index in [2.05, 4.69) is 10.5 Å². The molecule has 0 saturated heterocycles. The molecule has 2 rings (SSSR count). The van der Waals surface area contributed by atoms with E-state index in [1.165, 1.54) is 6.42 Å². The molecule has 1 aromatic carbocycles. The number of rotatable bonds is 6. The zero-order valence-electron chi connectivity index (χ0n) is 13.3. The highest BCUT2D eigenvalue weighted by Crippen LogP contribution is 2.27. The quantitative estimate of drug-likeness (QED) is 0.649. The van der Waals surface area contributed by atoms with E-state index >= 15 is 0 Å². The zero-order valence-corrected chi connectivity index (χ0v) is 13.3. The highest BCUT2D eigenvalue weighted by molar-refractivity contribution is 5.84. The molecule has 0 spiro atoms. The van der Waals surface area contributed by atoms with Crippen molar-refractivity contribution in [2.24, 2.45) is 11.0 Å². The molecule has 1 N–H and O–H groups in total. The summed E-state index contributed by atoms with van der Waals surface area (Å²) in [5, 5.41) is 4.05. The molecule has 0 radical (unpaired) electrons. The lowest BCUT2D eigenvalue weighted by Gasteiger charge is -2.19. The molecule has 5 heteroatoms. The largest absolute Gasteiger partial charge is 0.493 e. The van der Waals surface area contributed by atoms with Crippen LogP contribution in [-0.2, 0) is 4.79 Å². The first kappa shape index (κ1) is 16.3. The fourth-order valence-electron chi connectivity index (χ4n) is 2.67. The molecule has 1 fully saturated rings. The summed E-state index contributed by atoms with van der Waals surface area (Å²) in [5.41, 5.74) is 3.49. The number of nitrogens with one attached hydrogen (secondary N) is 1. The van der Waals surface area contributed by atoms with Gasteiger partial charge in [-0.2, -0.15) is 5.10 Å². The second-order valence-corrected chi connectivity index (χ2v) is 5.41. The Morgan fingerprint density at radius 1 is 1.32 bits per heavy atom. The lowest BCUT2D eigenvalue weighted by Crippen LogP contribution is -2.28. The van der Waals surface area contributed by atoms with Crippen LogP contribution in [0.25, 0.3) is 0 Å². The lowest BCUT2D eigenvalue weighted by molar-refractivity contribution is -0.125. The first-order valence-electron chi connectivity index (χ1n) is 7.88. The summed E-state index contributed by atoms with van der Waals surface area (Å²) in [5.74, 6) is 1.49. The smallest absolute Gasteiger partial charge is 0.243 e. The van der Waals surface area contributed by atoms with Gasteiger partial charge in [-0.05, 0) is 43.5 Å². The number of hydrogen-bond donors (Lipinski definition) is 1. The first-order valence-corrected chi connectivity index (χ1v) is 7.88. The monoisotopic (exact) mass is 304 g/mol. The van der Waals surface area contributed by atoms with Gasteiger partial charge >= 0.3 is 0 Å². The van der Waals surface area contributed by atoms with E-state index in [-0.39, 0.29) is 11.8 Å². The van der Waals surface area contributed by atoms with Gasteiger partial charge in [-0.25, -0.2) is 5.43 Å². The highest BCUT2D eigenvalue weighted by atomic mass is 16.5. The lowest BCUT2D eigenvalue weighted by atomic mass is 9.89. The predicted molar refractivity (Wildman–Crippen MR) is 86.5 cm³/mol. The number of carbonyl (C=O) groups excluding carboxylic acids is 1. The van der Waals surface area contributed by atoms with Gasteiger partial charge in [0.1, 0.15) is 0 Å². The van der Waals surface area contributed by atoms with Gasteiger partial charge < -0.3 is 9.47 Å². The van der Waals surface area contributed by atoms with Crippen molar-refractivity contribution >= 4 is 12.1 Å². The molecule has 0 unspecified atom stereocenters. The average Bonchev–Trinajstić information content (AvgIpc) is 2.57. The summed E-state index contributed by atoms with van der Waals surface area (Å²) in [4.78, 5) is 12.0. The van der Waals surface area contributed by atoms with Gasteiger partial charge in [-0.3, -0.25) is 4.79 Å². The molecular formula is C17H24N2O3. The molecule has 0 atom stereocenters. The maximum atomic E-state index is 12.0. The molecule has 1 aliphatic carbocycles. The van der Waals surface area contributed by atoms with Gasteiger partial charge in [-0.1, -0.05) is 19.3 Å². The van der Waals surface area contributed by atoms with Crippen molar-refractivity contribution in [3.8, 4) is 11.5 Å². The maximum absolute atomic E-state index is 12.0. The number of nitrogens with zero attached hydrogens (tertiary/aromatic N) is 1. The van der Waals surface area contributed by atoms with Crippen LogP contribution in [0.4, 0.5) is 0 Å². The van der Waals surface area contributed by atoms with Crippen molar-refractivity contribution in [3.63, 3.8) is 0 Å². The van der Waals surface area contributed by atoms with Crippen LogP contribution >= 0.6 is 0 Å². The Kier molecular flexibility index (Phi) is 6.25. The summed E-state index contributed by atoms with van der Waals surface area (Å²) in [6.07, 6.45) is 7.07. The Balaban J connectivity index is 1.93. The number of hydrazone groups is 1. The van der Waals surface area contributed by atoms with Crippen LogP contribution in [0.1, 0.15) is 44.6 Å². The van der Waals surface area contributed by atoms with Crippen LogP contribution in [0.2, 0.25) is 0 Å². The molecule has 0 aromatic heterocycles. The Morgan fingerprint density at radius 2 is 2.09 bits per heavy atom. The van der Waals surface area contributed by atoms with E-state index in [4.69, 9.17) is 9.47 Å². The topological polar surface area (TPSA) is 59.9 Å². The van der Waals surface area contributed by atoms with Crippen LogP contribution in [0.3, 0.4) is 0 Å². The van der Waals surface area contributed by atoms with Crippen LogP contribution in [0.15, 0.2) is 23.3 Å². The normalized spacial score (nSPS) is 15.7. The van der Waals surface area contributed by atoms with Crippen LogP contribution in [0.5, 0.6) is 11.5 Å². The minimum atomic E-state index is 0.0221. The van der Waals surface area contributed by atoms with E-state index in [0.717, 1.165) is 31.2 Å². The standard InChI is InChI=1S/C17H24N2O3/c1-3-22-15-10-9-13(11-16(15)21-2)12-18-19-17(20)14-7-5-4-6-8-14/h9-12,14H,3-8H2,1-2H3,(H,19,20). The maximum Gasteiger partial charge on any atom is 0.243 e. The van der Waals surface area contributed by atoms with Crippen molar-refractivity contribution in [2.45, 2.75) is 39.0 Å². The summed E-state index contributed by atoms with van der Waals surface area (Å²) in [6.45, 7) is 2.51. The SMILES string of the molecule is CCOc1ccc(C=NNC(=O)C2CCCCC2)cc1OC. The Bertz CT molecular complexity index is 523. The van der Waals surface area contributed by atoms with Gasteiger partial charge in [0, 0.05) is 5.92 Å². The van der Waals surface area contributed by atoms with Crippen LogP contribution in [0, 0.1) is 5.92 Å². The number of hydrogen-bond acceptors (Lipinski definition) is 4. The summed E-state index contributed by atoms with van der Waals surface area (Å²) < 4.78 is 10.8. The second-order valence-electron chi connectivity index (χ2n) is 5.41. The van der Waals surface area contributed by atoms with Crippen molar-refractivity contribution in [1.82, 2.24) is 5.43 Å². The fraction of sp³-hybridized carbons (Fsp3) is 0.529. The fourth-order valence-corrected chi connectivity index (χ4v) is 2.67. The minimum Gasteiger partial charge on any atom is -0.493 e. The highest BCUT2D eigenvalue weighted by Gasteiger charge is 2.20.